The van der Waals surface area contributed by atoms with E-state index >= 15 is 0 Å². The first-order chi connectivity index (χ1) is 32.7. The Labute approximate surface area is 389 Å². The van der Waals surface area contributed by atoms with Crippen molar-refractivity contribution in [1.29, 1.82) is 0 Å². The fraction of sp³-hybridized carbons (Fsp3) is 0.0794. The maximum atomic E-state index is 7.21. The lowest BCUT2D eigenvalue weighted by Gasteiger charge is -2.41. The molecule has 1 aromatic heterocycles. The zero-order chi connectivity index (χ0) is 43.3. The van der Waals surface area contributed by atoms with Gasteiger partial charge in [-0.2, -0.15) is 0 Å². The van der Waals surface area contributed by atoms with E-state index in [4.69, 9.17) is 4.74 Å². The largest absolute Gasteiger partial charge is 0.455 e. The first-order valence-electron chi connectivity index (χ1n) is 23.3. The molecule has 2 nitrogen and oxygen atoms in total. The first kappa shape index (κ1) is 37.6. The van der Waals surface area contributed by atoms with Gasteiger partial charge in [0.25, 0.3) is 0 Å². The van der Waals surface area contributed by atoms with Gasteiger partial charge >= 0.3 is 0 Å². The van der Waals surface area contributed by atoms with E-state index in [2.05, 4.69) is 217 Å². The van der Waals surface area contributed by atoms with Gasteiger partial charge in [-0.15, -0.1) is 11.3 Å². The van der Waals surface area contributed by atoms with Crippen LogP contribution in [0.25, 0.3) is 66.4 Å². The van der Waals surface area contributed by atoms with E-state index in [1.165, 1.54) is 104 Å². The van der Waals surface area contributed by atoms with E-state index < -0.39 is 5.41 Å². The molecule has 10 aromatic rings. The molecule has 0 saturated heterocycles. The van der Waals surface area contributed by atoms with Crippen LogP contribution in [-0.4, -0.2) is 0 Å². The SMILES string of the molecule is C1=Cc2c(ccc3c2Oc2c(ccc4ccccc24)C32c3ccccc3-c3cc(-c4ccc(N(C5=Cc6c(sc7ccccc67)CC5)c5cccc(-c6ccccc6)c5)cc4)ccc32)CC1. The van der Waals surface area contributed by atoms with Crippen molar-refractivity contribution in [3.63, 3.8) is 0 Å². The fourth-order valence-electron chi connectivity index (χ4n) is 11.7. The summed E-state index contributed by atoms with van der Waals surface area (Å²) in [6, 6.07) is 72.2. The van der Waals surface area contributed by atoms with Gasteiger partial charge in [0.2, 0.25) is 0 Å². The molecule has 1 atom stereocenters. The maximum absolute atomic E-state index is 7.21. The summed E-state index contributed by atoms with van der Waals surface area (Å²) in [5.41, 5.74) is 19.4. The van der Waals surface area contributed by atoms with Gasteiger partial charge in [0, 0.05) is 54.1 Å². The molecule has 2 heterocycles. The lowest BCUT2D eigenvalue weighted by atomic mass is 9.65. The number of hydrogen-bond donors (Lipinski definition) is 0. The topological polar surface area (TPSA) is 12.5 Å². The summed E-state index contributed by atoms with van der Waals surface area (Å²) in [5, 5.41) is 3.68. The van der Waals surface area contributed by atoms with Gasteiger partial charge in [-0.3, -0.25) is 0 Å². The second-order valence-electron chi connectivity index (χ2n) is 18.1. The summed E-state index contributed by atoms with van der Waals surface area (Å²) in [7, 11) is 0. The van der Waals surface area contributed by atoms with Crippen LogP contribution in [0.4, 0.5) is 11.4 Å². The van der Waals surface area contributed by atoms with Crippen LogP contribution >= 0.6 is 11.3 Å². The van der Waals surface area contributed by atoms with Gasteiger partial charge in [0.15, 0.2) is 0 Å². The number of allylic oxidation sites excluding steroid dienone is 2. The number of benzene rings is 9. The summed E-state index contributed by atoms with van der Waals surface area (Å²) in [4.78, 5) is 3.97. The van der Waals surface area contributed by atoms with Gasteiger partial charge in [0.05, 0.1) is 5.41 Å². The average Bonchev–Trinajstić information content (AvgIpc) is 3.90. The molecule has 14 rings (SSSR count). The van der Waals surface area contributed by atoms with Gasteiger partial charge in [-0.1, -0.05) is 170 Å². The number of aryl methyl sites for hydroxylation is 2. The van der Waals surface area contributed by atoms with Crippen molar-refractivity contribution in [1.82, 2.24) is 0 Å². The van der Waals surface area contributed by atoms with Crippen molar-refractivity contribution in [3.8, 4) is 44.9 Å². The highest BCUT2D eigenvalue weighted by Crippen LogP contribution is 2.64. The third-order valence-corrected chi connectivity index (χ3v) is 15.9. The van der Waals surface area contributed by atoms with Crippen molar-refractivity contribution in [2.75, 3.05) is 4.90 Å². The minimum atomic E-state index is -0.544. The molecule has 312 valence electrons. The molecular weight excluding hydrogens is 819 g/mol. The van der Waals surface area contributed by atoms with Crippen LogP contribution in [-0.2, 0) is 18.3 Å². The lowest BCUT2D eigenvalue weighted by Crippen LogP contribution is -2.32. The molecule has 3 heteroatoms. The second kappa shape index (κ2) is 14.7. The molecule has 4 aliphatic rings. The highest BCUT2D eigenvalue weighted by atomic mass is 32.1. The van der Waals surface area contributed by atoms with Crippen molar-refractivity contribution in [2.45, 2.75) is 31.1 Å². The predicted octanol–water partition coefficient (Wildman–Crippen LogP) is 16.9. The number of anilines is 2. The molecular formula is C63H43NOS. The molecule has 0 radical (unpaired) electrons. The Bertz CT molecular complexity index is 3690. The number of rotatable bonds is 5. The zero-order valence-electron chi connectivity index (χ0n) is 36.3. The molecule has 9 aromatic carbocycles. The lowest BCUT2D eigenvalue weighted by molar-refractivity contribution is 0.439. The molecule has 3 aliphatic carbocycles. The standard InChI is InChI=1S/C63H43NOS/c1-2-13-40(14-3-1)44-17-12-18-47(37-44)64(48-32-36-60-54(39-48)52-22-9-11-24-59(52)66-60)46-30-25-41(26-31-46)45-29-33-56-53(38-45)51-21-8-10-23-55(51)63(56)57-34-27-42-15-4-6-19-49(42)61(57)65-62-50-20-7-5-16-43(50)28-35-58(62)63/h1-4,6-15,17-31,33-35,37-39H,5,16,32,36H2. The molecule has 0 bridgehead atoms. The van der Waals surface area contributed by atoms with Crippen molar-refractivity contribution in [2.24, 2.45) is 0 Å². The number of fused-ring (bicyclic) bond motifs is 16. The predicted molar refractivity (Wildman–Crippen MR) is 276 cm³/mol. The van der Waals surface area contributed by atoms with Crippen LogP contribution in [0.15, 0.2) is 206 Å². The highest BCUT2D eigenvalue weighted by Gasteiger charge is 2.52. The van der Waals surface area contributed by atoms with Crippen LogP contribution in [0.2, 0.25) is 0 Å². The van der Waals surface area contributed by atoms with Crippen molar-refractivity contribution in [3.05, 3.63) is 250 Å². The monoisotopic (exact) mass is 861 g/mol. The Kier molecular flexibility index (Phi) is 8.35. The molecule has 0 saturated carbocycles. The van der Waals surface area contributed by atoms with E-state index in [9.17, 15) is 0 Å². The molecule has 1 unspecified atom stereocenters. The Balaban J connectivity index is 0.915. The van der Waals surface area contributed by atoms with E-state index in [1.54, 1.807) is 0 Å². The molecule has 66 heavy (non-hydrogen) atoms. The van der Waals surface area contributed by atoms with Gasteiger partial charge in [-0.25, -0.2) is 0 Å². The van der Waals surface area contributed by atoms with Crippen LogP contribution in [0.5, 0.6) is 11.5 Å². The van der Waals surface area contributed by atoms with Crippen LogP contribution in [0.3, 0.4) is 0 Å². The third kappa shape index (κ3) is 5.53. The minimum Gasteiger partial charge on any atom is -0.455 e. The smallest absolute Gasteiger partial charge is 0.140 e. The molecule has 1 aliphatic heterocycles. The fourth-order valence-corrected chi connectivity index (χ4v) is 12.9. The zero-order valence-corrected chi connectivity index (χ0v) is 37.1. The van der Waals surface area contributed by atoms with Crippen LogP contribution < -0.4 is 9.64 Å². The van der Waals surface area contributed by atoms with E-state index in [0.29, 0.717) is 0 Å². The van der Waals surface area contributed by atoms with Gasteiger partial charge in [0.1, 0.15) is 11.5 Å². The molecule has 1 spiro atoms. The van der Waals surface area contributed by atoms with Gasteiger partial charge < -0.3 is 9.64 Å². The van der Waals surface area contributed by atoms with E-state index in [1.807, 2.05) is 11.3 Å². The Hall–Kier alpha value is -7.72. The average molecular weight is 862 g/mol. The third-order valence-electron chi connectivity index (χ3n) is 14.7. The van der Waals surface area contributed by atoms with E-state index in [0.717, 1.165) is 48.3 Å². The normalized spacial score (nSPS) is 16.2. The Morgan fingerprint density at radius 2 is 1.18 bits per heavy atom. The highest BCUT2D eigenvalue weighted by molar-refractivity contribution is 7.19. The number of ether oxygens (including phenoxy) is 1. The summed E-state index contributed by atoms with van der Waals surface area (Å²) in [5.74, 6) is 1.95. The van der Waals surface area contributed by atoms with Crippen molar-refractivity contribution < 1.29 is 4.74 Å². The van der Waals surface area contributed by atoms with Gasteiger partial charge in [-0.05, 0) is 129 Å². The number of nitrogens with zero attached hydrogens (tertiary/aromatic N) is 1. The van der Waals surface area contributed by atoms with Crippen LogP contribution in [0.1, 0.15) is 56.7 Å². The molecule has 0 fully saturated rings. The van der Waals surface area contributed by atoms with Crippen LogP contribution in [0, 0.1) is 0 Å². The minimum absolute atomic E-state index is 0.544. The first-order valence-corrected chi connectivity index (χ1v) is 24.1. The van der Waals surface area contributed by atoms with E-state index in [-0.39, 0.29) is 0 Å². The summed E-state index contributed by atoms with van der Waals surface area (Å²) < 4.78 is 8.57. The number of hydrogen-bond acceptors (Lipinski definition) is 3. The molecule has 0 N–H and O–H groups in total. The number of thiophene rings is 1. The summed E-state index contributed by atoms with van der Waals surface area (Å²) in [6.07, 6.45) is 11.1. The summed E-state index contributed by atoms with van der Waals surface area (Å²) in [6.45, 7) is 0. The Morgan fingerprint density at radius 1 is 0.470 bits per heavy atom. The maximum Gasteiger partial charge on any atom is 0.140 e. The molecule has 0 amide bonds. The van der Waals surface area contributed by atoms with Crippen molar-refractivity contribution >= 4 is 55.7 Å². The quantitative estimate of drug-likeness (QED) is 0.171. The summed E-state index contributed by atoms with van der Waals surface area (Å²) >= 11 is 1.94. The Morgan fingerprint density at radius 3 is 2.11 bits per heavy atom. The second-order valence-corrected chi connectivity index (χ2v) is 19.3.